The van der Waals surface area contributed by atoms with Gasteiger partial charge in [-0.3, -0.25) is 4.79 Å². The Labute approximate surface area is 189 Å². The lowest BCUT2D eigenvalue weighted by Crippen LogP contribution is -2.22. The summed E-state index contributed by atoms with van der Waals surface area (Å²) >= 11 is 6.38. The number of aromatic nitrogens is 5. The maximum Gasteiger partial charge on any atom is 0.433 e. The number of benzene rings is 1. The van der Waals surface area contributed by atoms with Crippen LogP contribution in [0.25, 0.3) is 16.7 Å². The molecule has 0 aliphatic rings. The van der Waals surface area contributed by atoms with Crippen molar-refractivity contribution in [3.63, 3.8) is 0 Å². The van der Waals surface area contributed by atoms with Crippen molar-refractivity contribution in [2.24, 2.45) is 0 Å². The van der Waals surface area contributed by atoms with Crippen LogP contribution in [0.5, 0.6) is 0 Å². The number of aliphatic hydroxyl groups excluding tert-OH is 1. The maximum absolute atomic E-state index is 12.8. The molecule has 0 radical (unpaired) electrons. The van der Waals surface area contributed by atoms with E-state index in [9.17, 15) is 23.1 Å². The molecule has 1 atom stereocenters. The van der Waals surface area contributed by atoms with E-state index in [4.69, 9.17) is 17.3 Å². The van der Waals surface area contributed by atoms with Crippen LogP contribution in [0.2, 0.25) is 5.02 Å². The van der Waals surface area contributed by atoms with Gasteiger partial charge in [0, 0.05) is 5.69 Å². The first kappa shape index (κ1) is 22.4. The lowest BCUT2D eigenvalue weighted by Gasteiger charge is -2.14. The molecule has 13 heteroatoms. The third kappa shape index (κ3) is 4.30. The summed E-state index contributed by atoms with van der Waals surface area (Å²) in [6.07, 6.45) is -5.32. The summed E-state index contributed by atoms with van der Waals surface area (Å²) in [5.41, 5.74) is 6.52. The molecule has 0 spiro atoms. The molecule has 4 aromatic rings. The van der Waals surface area contributed by atoms with E-state index < -0.39 is 29.6 Å². The molecule has 1 aromatic carbocycles. The van der Waals surface area contributed by atoms with E-state index in [0.29, 0.717) is 22.4 Å². The van der Waals surface area contributed by atoms with E-state index in [-0.39, 0.29) is 16.5 Å². The molecule has 0 bridgehead atoms. The highest BCUT2D eigenvalue weighted by Crippen LogP contribution is 2.31. The number of aryl methyl sites for hydroxylation is 1. The number of halogens is 4. The molecule has 0 saturated heterocycles. The van der Waals surface area contributed by atoms with Crippen molar-refractivity contribution in [2.45, 2.75) is 19.2 Å². The Bertz CT molecular complexity index is 1370. The summed E-state index contributed by atoms with van der Waals surface area (Å²) in [5.74, 6) is -0.783. The van der Waals surface area contributed by atoms with Crippen LogP contribution in [0, 0.1) is 6.92 Å². The SMILES string of the molecule is Cc1nn(-c2ccc(NC(=O)[C@H](O)c3cccc(C(F)(F)F)n3)cc2Cl)c2c(N)ncnc12. The summed E-state index contributed by atoms with van der Waals surface area (Å²) < 4.78 is 40.0. The maximum atomic E-state index is 12.8. The summed E-state index contributed by atoms with van der Waals surface area (Å²) in [7, 11) is 0. The molecule has 4 rings (SSSR count). The van der Waals surface area contributed by atoms with E-state index in [1.807, 2.05) is 0 Å². The Balaban J connectivity index is 1.59. The number of carbonyl (C=O) groups excluding carboxylic acids is 1. The van der Waals surface area contributed by atoms with Gasteiger partial charge >= 0.3 is 6.18 Å². The number of alkyl halides is 3. The Kier molecular flexibility index (Phi) is 5.64. The van der Waals surface area contributed by atoms with Crippen molar-refractivity contribution in [1.82, 2.24) is 24.7 Å². The number of fused-ring (bicyclic) bond motifs is 1. The Hall–Kier alpha value is -3.77. The molecule has 3 aromatic heterocycles. The minimum Gasteiger partial charge on any atom is -0.382 e. The van der Waals surface area contributed by atoms with Crippen molar-refractivity contribution in [1.29, 1.82) is 0 Å². The molecule has 4 N–H and O–H groups in total. The molecule has 3 heterocycles. The first-order valence-electron chi connectivity index (χ1n) is 9.35. The van der Waals surface area contributed by atoms with Gasteiger partial charge in [0.1, 0.15) is 23.1 Å². The van der Waals surface area contributed by atoms with Crippen LogP contribution in [-0.4, -0.2) is 35.7 Å². The standard InChI is InChI=1S/C20H15ClF3N7O2/c1-9-15-16(18(25)27-8-26-15)31(30-9)13-6-5-10(7-11(13)21)28-19(33)17(32)12-3-2-4-14(29-12)20(22,23)24/h2-8,17,32H,1H3,(H,28,33)(H2,25,26,27)/t17-/m1/s1. The second-order valence-electron chi connectivity index (χ2n) is 6.96. The van der Waals surface area contributed by atoms with Crippen LogP contribution in [0.3, 0.4) is 0 Å². The number of carbonyl (C=O) groups is 1. The molecule has 0 saturated carbocycles. The van der Waals surface area contributed by atoms with E-state index in [1.54, 1.807) is 13.0 Å². The fraction of sp³-hybridized carbons (Fsp3) is 0.150. The highest BCUT2D eigenvalue weighted by atomic mass is 35.5. The highest BCUT2D eigenvalue weighted by molar-refractivity contribution is 6.32. The lowest BCUT2D eigenvalue weighted by atomic mass is 10.2. The van der Waals surface area contributed by atoms with Crippen LogP contribution in [0.15, 0.2) is 42.7 Å². The van der Waals surface area contributed by atoms with Gasteiger partial charge in [-0.05, 0) is 37.3 Å². The van der Waals surface area contributed by atoms with Gasteiger partial charge in [-0.25, -0.2) is 19.6 Å². The Morgan fingerprint density at radius 3 is 2.70 bits per heavy atom. The second kappa shape index (κ2) is 8.30. The third-order valence-electron chi connectivity index (χ3n) is 4.69. The molecule has 1 amide bonds. The molecule has 9 nitrogen and oxygen atoms in total. The largest absolute Gasteiger partial charge is 0.433 e. The van der Waals surface area contributed by atoms with Gasteiger partial charge in [-0.1, -0.05) is 17.7 Å². The first-order valence-corrected chi connectivity index (χ1v) is 9.73. The van der Waals surface area contributed by atoms with Gasteiger partial charge in [0.05, 0.1) is 22.1 Å². The van der Waals surface area contributed by atoms with Crippen LogP contribution in [0.4, 0.5) is 24.7 Å². The summed E-state index contributed by atoms with van der Waals surface area (Å²) in [4.78, 5) is 23.8. The Morgan fingerprint density at radius 2 is 2.00 bits per heavy atom. The number of pyridine rings is 1. The van der Waals surface area contributed by atoms with Crippen molar-refractivity contribution < 1.29 is 23.1 Å². The van der Waals surface area contributed by atoms with Gasteiger partial charge in [0.2, 0.25) is 0 Å². The minimum atomic E-state index is -4.71. The number of anilines is 2. The van der Waals surface area contributed by atoms with E-state index in [1.165, 1.54) is 23.1 Å². The van der Waals surface area contributed by atoms with Crippen LogP contribution in [-0.2, 0) is 11.0 Å². The van der Waals surface area contributed by atoms with Crippen molar-refractivity contribution >= 4 is 40.0 Å². The smallest absolute Gasteiger partial charge is 0.382 e. The number of hydrogen-bond acceptors (Lipinski definition) is 7. The van der Waals surface area contributed by atoms with E-state index >= 15 is 0 Å². The van der Waals surface area contributed by atoms with Crippen molar-refractivity contribution in [2.75, 3.05) is 11.1 Å². The molecular formula is C20H15ClF3N7O2. The average Bonchev–Trinajstić information content (AvgIpc) is 3.10. The number of nitrogens with one attached hydrogen (secondary N) is 1. The van der Waals surface area contributed by atoms with E-state index in [0.717, 1.165) is 18.2 Å². The van der Waals surface area contributed by atoms with Crippen LogP contribution in [0.1, 0.15) is 23.2 Å². The number of nitrogen functional groups attached to an aromatic ring is 1. The van der Waals surface area contributed by atoms with E-state index in [2.05, 4.69) is 25.4 Å². The van der Waals surface area contributed by atoms with Gasteiger partial charge in [-0.15, -0.1) is 0 Å². The predicted octanol–water partition coefficient (Wildman–Crippen LogP) is 3.45. The molecule has 0 aliphatic carbocycles. The van der Waals surface area contributed by atoms with Crippen molar-refractivity contribution in [3.8, 4) is 5.69 Å². The molecular weight excluding hydrogens is 463 g/mol. The summed E-state index contributed by atoms with van der Waals surface area (Å²) in [6, 6.07) is 7.33. The zero-order valence-electron chi connectivity index (χ0n) is 16.8. The third-order valence-corrected chi connectivity index (χ3v) is 4.99. The normalized spacial score (nSPS) is 12.7. The molecule has 0 fully saturated rings. The van der Waals surface area contributed by atoms with Crippen LogP contribution < -0.4 is 11.1 Å². The van der Waals surface area contributed by atoms with Gasteiger partial charge in [0.25, 0.3) is 5.91 Å². The van der Waals surface area contributed by atoms with Gasteiger partial charge in [-0.2, -0.15) is 18.3 Å². The number of nitrogens with two attached hydrogens (primary N) is 1. The van der Waals surface area contributed by atoms with Gasteiger partial charge < -0.3 is 16.2 Å². The molecule has 0 aliphatic heterocycles. The monoisotopic (exact) mass is 477 g/mol. The van der Waals surface area contributed by atoms with Crippen LogP contribution >= 0.6 is 11.6 Å². The zero-order chi connectivity index (χ0) is 23.9. The minimum absolute atomic E-state index is 0.173. The lowest BCUT2D eigenvalue weighted by molar-refractivity contribution is -0.141. The van der Waals surface area contributed by atoms with Crippen molar-refractivity contribution in [3.05, 3.63) is 64.8 Å². The fourth-order valence-electron chi connectivity index (χ4n) is 3.15. The number of aliphatic hydroxyl groups is 1. The quantitative estimate of drug-likeness (QED) is 0.410. The van der Waals surface area contributed by atoms with Gasteiger partial charge in [0.15, 0.2) is 11.9 Å². The highest BCUT2D eigenvalue weighted by Gasteiger charge is 2.33. The summed E-state index contributed by atoms with van der Waals surface area (Å²) in [5, 5.41) is 17.1. The first-order chi connectivity index (χ1) is 15.6. The number of hydrogen-bond donors (Lipinski definition) is 3. The number of amides is 1. The summed E-state index contributed by atoms with van der Waals surface area (Å²) in [6.45, 7) is 1.75. The molecule has 0 unspecified atom stereocenters. The zero-order valence-corrected chi connectivity index (χ0v) is 17.6. The Morgan fingerprint density at radius 1 is 1.24 bits per heavy atom. The second-order valence-corrected chi connectivity index (χ2v) is 7.36. The molecule has 170 valence electrons. The molecule has 33 heavy (non-hydrogen) atoms. The topological polar surface area (TPSA) is 132 Å². The average molecular weight is 478 g/mol. The number of nitrogens with zero attached hydrogens (tertiary/aromatic N) is 5. The predicted molar refractivity (Wildman–Crippen MR) is 114 cm³/mol. The number of rotatable bonds is 4. The fourth-order valence-corrected chi connectivity index (χ4v) is 3.41.